The fourth-order valence-electron chi connectivity index (χ4n) is 4.14. The molecular weight excluding hydrogens is 384 g/mol. The second-order valence-corrected chi connectivity index (χ2v) is 8.16. The van der Waals surface area contributed by atoms with Crippen molar-refractivity contribution in [3.8, 4) is 17.0 Å². The van der Waals surface area contributed by atoms with Crippen LogP contribution in [-0.4, -0.2) is 58.0 Å². The van der Waals surface area contributed by atoms with Crippen LogP contribution in [0, 0.1) is 5.92 Å². The highest BCUT2D eigenvalue weighted by molar-refractivity contribution is 5.79. The predicted molar refractivity (Wildman–Crippen MR) is 111 cm³/mol. The lowest BCUT2D eigenvalue weighted by Gasteiger charge is -2.37. The fourth-order valence-corrected chi connectivity index (χ4v) is 4.14. The number of hydrogen-bond acceptors (Lipinski definition) is 6. The van der Waals surface area contributed by atoms with E-state index in [2.05, 4.69) is 15.6 Å². The number of nitrogens with zero attached hydrogens (tertiary/aromatic N) is 3. The average molecular weight is 415 g/mol. The van der Waals surface area contributed by atoms with Crippen molar-refractivity contribution in [1.29, 1.82) is 0 Å². The molecule has 0 spiro atoms. The lowest BCUT2D eigenvalue weighted by molar-refractivity contribution is -0.134. The first-order valence-electron chi connectivity index (χ1n) is 10.8. The van der Waals surface area contributed by atoms with Gasteiger partial charge < -0.3 is 19.9 Å². The highest BCUT2D eigenvalue weighted by Gasteiger charge is 2.34. The van der Waals surface area contributed by atoms with Gasteiger partial charge in [-0.3, -0.25) is 9.48 Å². The average Bonchev–Trinajstić information content (AvgIpc) is 3.20. The molecule has 1 amide bonds. The Morgan fingerprint density at radius 3 is 2.87 bits per heavy atom. The number of aliphatic hydroxyl groups is 1. The summed E-state index contributed by atoms with van der Waals surface area (Å²) in [5.41, 5.74) is 1.68. The molecular formula is C22H30N4O4. The van der Waals surface area contributed by atoms with Gasteiger partial charge in [0.25, 0.3) is 0 Å². The topological polar surface area (TPSA) is 98.5 Å². The normalized spacial score (nSPS) is 24.3. The minimum atomic E-state index is -0.354. The zero-order valence-corrected chi connectivity index (χ0v) is 17.4. The maximum atomic E-state index is 12.2. The minimum absolute atomic E-state index is 0.0258. The maximum absolute atomic E-state index is 12.2. The summed E-state index contributed by atoms with van der Waals surface area (Å²) in [7, 11) is 1.64. The third-order valence-electron chi connectivity index (χ3n) is 6.20. The van der Waals surface area contributed by atoms with Crippen molar-refractivity contribution < 1.29 is 19.4 Å². The summed E-state index contributed by atoms with van der Waals surface area (Å²) < 4.78 is 13.3. The Bertz CT molecular complexity index is 851. The van der Waals surface area contributed by atoms with Gasteiger partial charge in [0.1, 0.15) is 17.5 Å². The van der Waals surface area contributed by atoms with Crippen LogP contribution in [0.2, 0.25) is 0 Å². The van der Waals surface area contributed by atoms with Crippen molar-refractivity contribution in [2.24, 2.45) is 5.92 Å². The Morgan fingerprint density at radius 2 is 2.13 bits per heavy atom. The van der Waals surface area contributed by atoms with Gasteiger partial charge in [0.15, 0.2) is 0 Å². The predicted octanol–water partition coefficient (Wildman–Crippen LogP) is 2.17. The summed E-state index contributed by atoms with van der Waals surface area (Å²) in [6.45, 7) is 0.581. The number of nitrogens with one attached hydrogen (secondary N) is 1. The van der Waals surface area contributed by atoms with Gasteiger partial charge in [0.05, 0.1) is 32.1 Å². The Kier molecular flexibility index (Phi) is 6.64. The number of aromatic nitrogens is 3. The second-order valence-electron chi connectivity index (χ2n) is 8.16. The van der Waals surface area contributed by atoms with Gasteiger partial charge in [-0.1, -0.05) is 23.8 Å². The maximum Gasteiger partial charge on any atom is 0.223 e. The molecule has 1 aliphatic heterocycles. The number of methoxy groups -OCH3 is 1. The quantitative estimate of drug-likeness (QED) is 0.687. The molecule has 1 aromatic heterocycles. The molecule has 2 fully saturated rings. The largest absolute Gasteiger partial charge is 0.496 e. The van der Waals surface area contributed by atoms with E-state index in [1.807, 2.05) is 35.1 Å². The summed E-state index contributed by atoms with van der Waals surface area (Å²) in [4.78, 5) is 12.2. The number of hydrogen-bond donors (Lipinski definition) is 2. The summed E-state index contributed by atoms with van der Waals surface area (Å²) in [5, 5.41) is 21.3. The minimum Gasteiger partial charge on any atom is -0.496 e. The van der Waals surface area contributed by atoms with Gasteiger partial charge in [-0.05, 0) is 44.2 Å². The van der Waals surface area contributed by atoms with Crippen LogP contribution >= 0.6 is 0 Å². The number of rotatable bonds is 8. The number of ether oxygens (including phenoxy) is 2. The summed E-state index contributed by atoms with van der Waals surface area (Å²) in [6.07, 6.45) is 7.09. The molecule has 4 rings (SSSR count). The lowest BCUT2D eigenvalue weighted by Crippen LogP contribution is -2.52. The van der Waals surface area contributed by atoms with Gasteiger partial charge in [-0.15, -0.1) is 5.10 Å². The van der Waals surface area contributed by atoms with Crippen LogP contribution in [0.25, 0.3) is 11.3 Å². The molecule has 30 heavy (non-hydrogen) atoms. The Labute approximate surface area is 176 Å². The fraction of sp³-hybridized carbons (Fsp3) is 0.591. The second kappa shape index (κ2) is 9.57. The third-order valence-corrected chi connectivity index (χ3v) is 6.20. The SMILES string of the molecule is COc1ccccc1-c1cn(CC[C@@H]2CC[C@@H](NC(=O)C3CCC3)[C@H](CO)O2)nn1. The van der Waals surface area contributed by atoms with Crippen molar-refractivity contribution in [2.75, 3.05) is 13.7 Å². The van der Waals surface area contributed by atoms with Crippen molar-refractivity contribution in [3.05, 3.63) is 30.5 Å². The zero-order chi connectivity index (χ0) is 20.9. The van der Waals surface area contributed by atoms with E-state index in [9.17, 15) is 9.90 Å². The first kappa shape index (κ1) is 20.8. The Morgan fingerprint density at radius 1 is 1.30 bits per heavy atom. The molecule has 1 saturated carbocycles. The van der Waals surface area contributed by atoms with Crippen molar-refractivity contribution in [2.45, 2.75) is 63.3 Å². The van der Waals surface area contributed by atoms with E-state index in [1.54, 1.807) is 7.11 Å². The molecule has 2 aromatic rings. The first-order valence-corrected chi connectivity index (χ1v) is 10.8. The number of para-hydroxylation sites is 1. The van der Waals surface area contributed by atoms with E-state index >= 15 is 0 Å². The van der Waals surface area contributed by atoms with Crippen LogP contribution in [0.3, 0.4) is 0 Å². The van der Waals surface area contributed by atoms with E-state index in [0.29, 0.717) is 6.54 Å². The van der Waals surface area contributed by atoms with Crippen molar-refractivity contribution in [3.63, 3.8) is 0 Å². The molecule has 1 aliphatic carbocycles. The highest BCUT2D eigenvalue weighted by atomic mass is 16.5. The molecule has 2 aliphatic rings. The van der Waals surface area contributed by atoms with Gasteiger partial charge in [-0.25, -0.2) is 0 Å². The van der Waals surface area contributed by atoms with Crippen molar-refractivity contribution in [1.82, 2.24) is 20.3 Å². The van der Waals surface area contributed by atoms with E-state index in [-0.39, 0.29) is 36.7 Å². The molecule has 0 bridgehead atoms. The number of aliphatic hydroxyl groups excluding tert-OH is 1. The van der Waals surface area contributed by atoms with Gasteiger partial charge in [0, 0.05) is 18.0 Å². The van der Waals surface area contributed by atoms with Crippen LogP contribution in [0.5, 0.6) is 5.75 Å². The van der Waals surface area contributed by atoms with Gasteiger partial charge in [0.2, 0.25) is 5.91 Å². The third kappa shape index (κ3) is 4.65. The number of carbonyl (C=O) groups is 1. The molecule has 162 valence electrons. The standard InChI is InChI=1S/C22H30N4O4/c1-29-20-8-3-2-7-17(20)19-13-26(25-24-19)12-11-16-9-10-18(21(14-27)30-16)23-22(28)15-5-4-6-15/h2-3,7-8,13,15-16,18,21,27H,4-6,9-12,14H2,1H3,(H,23,28)/t16-,18+,21-/m0/s1. The number of aryl methyl sites for hydroxylation is 1. The van der Waals surface area contributed by atoms with E-state index in [4.69, 9.17) is 9.47 Å². The summed E-state index contributed by atoms with van der Waals surface area (Å²) in [6, 6.07) is 7.62. The number of benzene rings is 1. The molecule has 1 aromatic carbocycles. The molecule has 2 N–H and O–H groups in total. The Balaban J connectivity index is 1.29. The molecule has 0 radical (unpaired) electrons. The van der Waals surface area contributed by atoms with Crippen LogP contribution < -0.4 is 10.1 Å². The highest BCUT2D eigenvalue weighted by Crippen LogP contribution is 2.29. The van der Waals surface area contributed by atoms with Gasteiger partial charge in [-0.2, -0.15) is 0 Å². The summed E-state index contributed by atoms with van der Waals surface area (Å²) in [5.74, 6) is 1.02. The number of amides is 1. The van der Waals surface area contributed by atoms with Crippen molar-refractivity contribution >= 4 is 5.91 Å². The van der Waals surface area contributed by atoms with E-state index in [1.165, 1.54) is 0 Å². The van der Waals surface area contributed by atoms with Crippen LogP contribution in [-0.2, 0) is 16.1 Å². The van der Waals surface area contributed by atoms with Crippen LogP contribution in [0.4, 0.5) is 0 Å². The molecule has 8 nitrogen and oxygen atoms in total. The smallest absolute Gasteiger partial charge is 0.223 e. The molecule has 3 atom stereocenters. The van der Waals surface area contributed by atoms with E-state index in [0.717, 1.165) is 55.5 Å². The molecule has 2 heterocycles. The monoisotopic (exact) mass is 414 g/mol. The van der Waals surface area contributed by atoms with Gasteiger partial charge >= 0.3 is 0 Å². The van der Waals surface area contributed by atoms with Crippen LogP contribution in [0.1, 0.15) is 38.5 Å². The molecule has 8 heteroatoms. The molecule has 0 unspecified atom stereocenters. The lowest BCUT2D eigenvalue weighted by atomic mass is 9.84. The zero-order valence-electron chi connectivity index (χ0n) is 17.4. The van der Waals surface area contributed by atoms with Crippen LogP contribution in [0.15, 0.2) is 30.5 Å². The molecule has 1 saturated heterocycles. The van der Waals surface area contributed by atoms with E-state index < -0.39 is 0 Å². The summed E-state index contributed by atoms with van der Waals surface area (Å²) >= 11 is 0. The first-order chi connectivity index (χ1) is 14.7. The number of carbonyl (C=O) groups excluding carboxylic acids is 1. The Hall–Kier alpha value is -2.45.